The number of hydrogen-bond donors (Lipinski definition) is 2. The van der Waals surface area contributed by atoms with E-state index in [0.29, 0.717) is 6.54 Å². The van der Waals surface area contributed by atoms with Gasteiger partial charge in [-0.15, -0.1) is 0 Å². The van der Waals surface area contributed by atoms with Crippen molar-refractivity contribution >= 4 is 46.4 Å². The molecule has 0 bridgehead atoms. The largest absolute Gasteiger partial charge is 0.362 e. The van der Waals surface area contributed by atoms with Crippen LogP contribution >= 0.6 is 35.6 Å². The minimum Gasteiger partial charge on any atom is -0.362 e. The molecule has 2 nitrogen and oxygen atoms in total. The second-order valence-corrected chi connectivity index (χ2v) is 6.61. The van der Waals surface area contributed by atoms with Crippen molar-refractivity contribution in [2.24, 2.45) is 0 Å². The van der Waals surface area contributed by atoms with E-state index >= 15 is 0 Å². The number of nitrogens with one attached hydrogen (secondary N) is 2. The van der Waals surface area contributed by atoms with E-state index in [2.05, 4.69) is 10.6 Å². The van der Waals surface area contributed by atoms with Crippen LogP contribution in [0.3, 0.4) is 0 Å². The lowest BCUT2D eigenvalue weighted by Gasteiger charge is -2.11. The Labute approximate surface area is 148 Å². The van der Waals surface area contributed by atoms with Gasteiger partial charge in [-0.05, 0) is 42.0 Å². The molecule has 0 heterocycles. The normalized spacial score (nSPS) is 10.4. The summed E-state index contributed by atoms with van der Waals surface area (Å²) >= 11 is 12.6. The van der Waals surface area contributed by atoms with Crippen LogP contribution in [0, 0.1) is 11.6 Å². The number of hydrogen-bond acceptors (Lipinski definition) is 2. The zero-order chi connectivity index (χ0) is 16.7. The molecule has 2 rings (SSSR count). The second kappa shape index (κ2) is 9.05. The van der Waals surface area contributed by atoms with Crippen molar-refractivity contribution in [3.8, 4) is 0 Å². The number of thioether (sulfide) groups is 1. The Morgan fingerprint density at radius 2 is 1.74 bits per heavy atom. The van der Waals surface area contributed by atoms with Gasteiger partial charge in [-0.3, -0.25) is 0 Å². The van der Waals surface area contributed by atoms with Crippen LogP contribution in [0.5, 0.6) is 0 Å². The molecule has 2 aromatic rings. The van der Waals surface area contributed by atoms with Crippen molar-refractivity contribution in [1.82, 2.24) is 5.32 Å². The van der Waals surface area contributed by atoms with Crippen LogP contribution in [0.2, 0.25) is 5.02 Å². The Balaban J connectivity index is 1.68. The number of benzene rings is 2. The molecular formula is C16H15ClF2N2S2. The molecule has 2 aromatic carbocycles. The lowest BCUT2D eigenvalue weighted by Crippen LogP contribution is -2.31. The fourth-order valence-electron chi connectivity index (χ4n) is 1.78. The predicted octanol–water partition coefficient (Wildman–Crippen LogP) is 4.84. The molecule has 0 aliphatic carbocycles. The van der Waals surface area contributed by atoms with E-state index in [1.165, 1.54) is 23.8 Å². The van der Waals surface area contributed by atoms with Crippen molar-refractivity contribution in [1.29, 1.82) is 0 Å². The molecule has 7 heteroatoms. The van der Waals surface area contributed by atoms with Crippen LogP contribution in [0.15, 0.2) is 42.5 Å². The van der Waals surface area contributed by atoms with Crippen LogP contribution < -0.4 is 10.6 Å². The van der Waals surface area contributed by atoms with Gasteiger partial charge in [0.05, 0.1) is 0 Å². The minimum absolute atomic E-state index is 0.195. The maximum atomic E-state index is 13.5. The van der Waals surface area contributed by atoms with Gasteiger partial charge < -0.3 is 10.6 Å². The van der Waals surface area contributed by atoms with Gasteiger partial charge in [0, 0.05) is 23.1 Å². The monoisotopic (exact) mass is 372 g/mol. The number of halogens is 3. The highest BCUT2D eigenvalue weighted by molar-refractivity contribution is 7.98. The van der Waals surface area contributed by atoms with Gasteiger partial charge in [-0.1, -0.05) is 29.8 Å². The molecule has 0 saturated carbocycles. The summed E-state index contributed by atoms with van der Waals surface area (Å²) in [7, 11) is 0. The van der Waals surface area contributed by atoms with Gasteiger partial charge in [0.1, 0.15) is 17.3 Å². The summed E-state index contributed by atoms with van der Waals surface area (Å²) in [5.74, 6) is 0.322. The average molecular weight is 373 g/mol. The average Bonchev–Trinajstić information content (AvgIpc) is 2.52. The van der Waals surface area contributed by atoms with Gasteiger partial charge in [0.25, 0.3) is 0 Å². The van der Waals surface area contributed by atoms with Gasteiger partial charge in [-0.2, -0.15) is 11.8 Å². The van der Waals surface area contributed by atoms with Crippen LogP contribution in [0.1, 0.15) is 5.56 Å². The van der Waals surface area contributed by atoms with Crippen LogP contribution in [-0.4, -0.2) is 17.4 Å². The van der Waals surface area contributed by atoms with Crippen molar-refractivity contribution in [3.63, 3.8) is 0 Å². The second-order valence-electron chi connectivity index (χ2n) is 4.66. The Bertz CT molecular complexity index is 645. The fourth-order valence-corrected chi connectivity index (χ4v) is 2.93. The Morgan fingerprint density at radius 3 is 2.39 bits per heavy atom. The van der Waals surface area contributed by atoms with E-state index in [0.717, 1.165) is 16.5 Å². The first kappa shape index (κ1) is 18.0. The molecule has 0 aliphatic rings. The third-order valence-electron chi connectivity index (χ3n) is 2.92. The van der Waals surface area contributed by atoms with Crippen molar-refractivity contribution in [2.45, 2.75) is 5.75 Å². The van der Waals surface area contributed by atoms with E-state index in [-0.39, 0.29) is 10.8 Å². The first-order valence-electron chi connectivity index (χ1n) is 6.87. The highest BCUT2D eigenvalue weighted by Crippen LogP contribution is 2.18. The molecule has 23 heavy (non-hydrogen) atoms. The first-order chi connectivity index (χ1) is 11.1. The van der Waals surface area contributed by atoms with Gasteiger partial charge in [0.2, 0.25) is 0 Å². The summed E-state index contributed by atoms with van der Waals surface area (Å²) in [4.78, 5) is 0. The molecule has 0 atom stereocenters. The zero-order valence-electron chi connectivity index (χ0n) is 12.1. The molecule has 122 valence electrons. The van der Waals surface area contributed by atoms with Crippen molar-refractivity contribution in [3.05, 3.63) is 64.7 Å². The number of rotatable bonds is 6. The Kier molecular flexibility index (Phi) is 7.08. The smallest absolute Gasteiger partial charge is 0.170 e. The van der Waals surface area contributed by atoms with Crippen LogP contribution in [-0.2, 0) is 5.75 Å². The summed E-state index contributed by atoms with van der Waals surface area (Å²) in [5, 5.41) is 6.38. The lowest BCUT2D eigenvalue weighted by atomic mass is 10.2. The van der Waals surface area contributed by atoms with E-state index in [9.17, 15) is 8.78 Å². The van der Waals surface area contributed by atoms with Gasteiger partial charge in [0.15, 0.2) is 5.11 Å². The SMILES string of the molecule is Fc1cccc(F)c1NC(=S)NCCSCc1ccc(Cl)cc1. The molecule has 0 radical (unpaired) electrons. The van der Waals surface area contributed by atoms with Crippen molar-refractivity contribution in [2.75, 3.05) is 17.6 Å². The number of thiocarbonyl (C=S) groups is 1. The van der Waals surface area contributed by atoms with Gasteiger partial charge >= 0.3 is 0 Å². The van der Waals surface area contributed by atoms with Gasteiger partial charge in [-0.25, -0.2) is 8.78 Å². The summed E-state index contributed by atoms with van der Waals surface area (Å²) in [6.07, 6.45) is 0. The highest BCUT2D eigenvalue weighted by Gasteiger charge is 2.09. The third-order valence-corrected chi connectivity index (χ3v) is 4.44. The number of para-hydroxylation sites is 1. The summed E-state index contributed by atoms with van der Waals surface area (Å²) in [5.41, 5.74) is 0.951. The minimum atomic E-state index is -0.675. The molecule has 0 unspecified atom stereocenters. The van der Waals surface area contributed by atoms with Crippen LogP contribution in [0.4, 0.5) is 14.5 Å². The van der Waals surface area contributed by atoms with E-state index in [1.807, 2.05) is 24.3 Å². The number of anilines is 1. The molecular weight excluding hydrogens is 358 g/mol. The maximum Gasteiger partial charge on any atom is 0.170 e. The molecule has 0 spiro atoms. The molecule has 0 aliphatic heterocycles. The van der Waals surface area contributed by atoms with E-state index in [4.69, 9.17) is 23.8 Å². The standard InChI is InChI=1S/C16H15ClF2N2S2/c17-12-6-4-11(5-7-12)10-23-9-8-20-16(22)21-15-13(18)2-1-3-14(15)19/h1-7H,8-10H2,(H2,20,21,22). The molecule has 2 N–H and O–H groups in total. The highest BCUT2D eigenvalue weighted by atomic mass is 35.5. The fraction of sp³-hybridized carbons (Fsp3) is 0.188. The third kappa shape index (κ3) is 5.97. The first-order valence-corrected chi connectivity index (χ1v) is 8.81. The summed E-state index contributed by atoms with van der Waals surface area (Å²) in [6, 6.07) is 11.3. The quantitative estimate of drug-likeness (QED) is 0.559. The Morgan fingerprint density at radius 1 is 1.09 bits per heavy atom. The summed E-state index contributed by atoms with van der Waals surface area (Å²) in [6.45, 7) is 0.597. The molecule has 0 aromatic heterocycles. The lowest BCUT2D eigenvalue weighted by molar-refractivity contribution is 0.591. The molecule has 0 fully saturated rings. The Hall–Kier alpha value is -1.37. The topological polar surface area (TPSA) is 24.1 Å². The molecule has 0 saturated heterocycles. The summed E-state index contributed by atoms with van der Waals surface area (Å²) < 4.78 is 26.9. The van der Waals surface area contributed by atoms with Crippen LogP contribution in [0.25, 0.3) is 0 Å². The predicted molar refractivity (Wildman–Crippen MR) is 98.2 cm³/mol. The van der Waals surface area contributed by atoms with E-state index < -0.39 is 11.6 Å². The molecule has 0 amide bonds. The zero-order valence-corrected chi connectivity index (χ0v) is 14.5. The maximum absolute atomic E-state index is 13.5. The van der Waals surface area contributed by atoms with Crippen molar-refractivity contribution < 1.29 is 8.78 Å². The van der Waals surface area contributed by atoms with E-state index in [1.54, 1.807) is 11.8 Å².